The number of nitrogens with one attached hydrogen (secondary N) is 2. The summed E-state index contributed by atoms with van der Waals surface area (Å²) < 4.78 is 5.39. The molecule has 2 atom stereocenters. The van der Waals surface area contributed by atoms with Crippen LogP contribution in [0.4, 0.5) is 4.79 Å². The van der Waals surface area contributed by atoms with Crippen molar-refractivity contribution in [3.8, 4) is 0 Å². The Hall–Kier alpha value is -1.63. The van der Waals surface area contributed by atoms with Crippen LogP contribution in [0.15, 0.2) is 0 Å². The highest BCUT2D eigenvalue weighted by Gasteiger charge is 2.27. The topological polar surface area (TPSA) is 105 Å². The minimum atomic E-state index is -0.965. The Balaban J connectivity index is 2.30. The van der Waals surface area contributed by atoms with Gasteiger partial charge in [-0.05, 0) is 18.8 Å². The molecule has 21 heavy (non-hydrogen) atoms. The van der Waals surface area contributed by atoms with Crippen molar-refractivity contribution in [3.63, 3.8) is 0 Å². The first-order valence-electron chi connectivity index (χ1n) is 7.11. The molecule has 0 aromatic rings. The molecule has 1 aliphatic heterocycles. The molecule has 0 aromatic carbocycles. The molecule has 0 spiro atoms. The van der Waals surface area contributed by atoms with Gasteiger partial charge in [0.2, 0.25) is 5.91 Å². The molecule has 1 heterocycles. The summed E-state index contributed by atoms with van der Waals surface area (Å²) in [4.78, 5) is 34.0. The van der Waals surface area contributed by atoms with Crippen LogP contribution < -0.4 is 10.6 Å². The molecule has 1 aliphatic rings. The molecule has 120 valence electrons. The number of carboxylic acid groups (broad SMARTS) is 1. The summed E-state index contributed by atoms with van der Waals surface area (Å²) in [6.07, 6.45) is 0.853. The number of rotatable bonds is 6. The molecule has 1 saturated heterocycles. The Morgan fingerprint density at radius 3 is 2.48 bits per heavy atom. The molecule has 3 N–H and O–H groups in total. The van der Waals surface area contributed by atoms with Crippen molar-refractivity contribution in [2.45, 2.75) is 46.1 Å². The second-order valence-corrected chi connectivity index (χ2v) is 6.29. The quantitative estimate of drug-likeness (QED) is 0.682. The molecule has 2 unspecified atom stereocenters. The van der Waals surface area contributed by atoms with Crippen molar-refractivity contribution in [2.75, 3.05) is 13.2 Å². The molecule has 7 nitrogen and oxygen atoms in total. The zero-order valence-corrected chi connectivity index (χ0v) is 12.8. The van der Waals surface area contributed by atoms with Gasteiger partial charge < -0.3 is 15.2 Å². The normalized spacial score (nSPS) is 21.9. The van der Waals surface area contributed by atoms with Gasteiger partial charge in [0.25, 0.3) is 0 Å². The highest BCUT2D eigenvalue weighted by Crippen LogP contribution is 2.24. The summed E-state index contributed by atoms with van der Waals surface area (Å²) in [7, 11) is 0. The number of hydrogen-bond acceptors (Lipinski definition) is 4. The second kappa shape index (κ2) is 7.40. The van der Waals surface area contributed by atoms with Gasteiger partial charge in [-0.15, -0.1) is 0 Å². The van der Waals surface area contributed by atoms with Gasteiger partial charge in [-0.2, -0.15) is 0 Å². The lowest BCUT2D eigenvalue weighted by Crippen LogP contribution is -2.43. The van der Waals surface area contributed by atoms with Gasteiger partial charge in [-0.3, -0.25) is 14.9 Å². The fourth-order valence-electron chi connectivity index (χ4n) is 2.39. The molecule has 3 amide bonds. The maximum absolute atomic E-state index is 11.7. The molecule has 0 aliphatic carbocycles. The van der Waals surface area contributed by atoms with Crippen LogP contribution in [0.3, 0.4) is 0 Å². The highest BCUT2D eigenvalue weighted by molar-refractivity contribution is 5.94. The maximum atomic E-state index is 11.7. The van der Waals surface area contributed by atoms with E-state index >= 15 is 0 Å². The number of carboxylic acids is 1. The number of urea groups is 1. The predicted molar refractivity (Wildman–Crippen MR) is 75.7 cm³/mol. The zero-order chi connectivity index (χ0) is 16.0. The number of ether oxygens (including phenoxy) is 1. The molecular formula is C14H24N2O5. The molecule has 0 saturated carbocycles. The Bertz CT molecular complexity index is 408. The van der Waals surface area contributed by atoms with Crippen LogP contribution in [0, 0.1) is 11.3 Å². The first kappa shape index (κ1) is 17.4. The molecule has 1 rings (SSSR count). The largest absolute Gasteiger partial charge is 0.481 e. The lowest BCUT2D eigenvalue weighted by atomic mass is 9.85. The summed E-state index contributed by atoms with van der Waals surface area (Å²) in [6, 6.07) is -0.551. The Morgan fingerprint density at radius 2 is 1.95 bits per heavy atom. The number of amides is 3. The smallest absolute Gasteiger partial charge is 0.321 e. The van der Waals surface area contributed by atoms with Crippen molar-refractivity contribution in [3.05, 3.63) is 0 Å². The lowest BCUT2D eigenvalue weighted by molar-refractivity contribution is -0.139. The van der Waals surface area contributed by atoms with E-state index in [9.17, 15) is 14.4 Å². The standard InChI is InChI=1S/C14H24N2O5/c1-9-10(4-5-21-9)8-15-13(20)16-11(17)6-14(2,3)7-12(18)19/h9-10H,4-8H2,1-3H3,(H,18,19)(H2,15,16,17,20). The minimum Gasteiger partial charge on any atom is -0.481 e. The van der Waals surface area contributed by atoms with Gasteiger partial charge in [0.1, 0.15) is 0 Å². The van der Waals surface area contributed by atoms with Crippen LogP contribution in [-0.2, 0) is 14.3 Å². The maximum Gasteiger partial charge on any atom is 0.321 e. The molecule has 0 radical (unpaired) electrons. The number of carbonyl (C=O) groups excluding carboxylic acids is 2. The van der Waals surface area contributed by atoms with E-state index in [1.54, 1.807) is 13.8 Å². The highest BCUT2D eigenvalue weighted by atomic mass is 16.5. The molecule has 7 heteroatoms. The van der Waals surface area contributed by atoms with E-state index in [1.807, 2.05) is 6.92 Å². The van der Waals surface area contributed by atoms with E-state index in [0.29, 0.717) is 13.2 Å². The van der Waals surface area contributed by atoms with Crippen molar-refractivity contribution in [2.24, 2.45) is 11.3 Å². The number of hydrogen-bond donors (Lipinski definition) is 3. The third-order valence-corrected chi connectivity index (χ3v) is 3.58. The Kier molecular flexibility index (Phi) is 6.14. The molecule has 1 fully saturated rings. The lowest BCUT2D eigenvalue weighted by Gasteiger charge is -2.21. The van der Waals surface area contributed by atoms with Crippen LogP contribution in [0.5, 0.6) is 0 Å². The van der Waals surface area contributed by atoms with Gasteiger partial charge in [0.05, 0.1) is 12.5 Å². The average molecular weight is 300 g/mol. The second-order valence-electron chi connectivity index (χ2n) is 6.29. The van der Waals surface area contributed by atoms with Gasteiger partial charge in [-0.1, -0.05) is 13.8 Å². The van der Waals surface area contributed by atoms with Gasteiger partial charge >= 0.3 is 12.0 Å². The molecule has 0 bridgehead atoms. The van der Waals surface area contributed by atoms with Crippen LogP contribution in [0.1, 0.15) is 40.0 Å². The molecular weight excluding hydrogens is 276 g/mol. The number of imide groups is 1. The van der Waals surface area contributed by atoms with E-state index in [0.717, 1.165) is 6.42 Å². The monoisotopic (exact) mass is 300 g/mol. The van der Waals surface area contributed by atoms with E-state index in [4.69, 9.17) is 9.84 Å². The van der Waals surface area contributed by atoms with Gasteiger partial charge in [0, 0.05) is 25.5 Å². The van der Waals surface area contributed by atoms with Crippen LogP contribution in [0.2, 0.25) is 0 Å². The fourth-order valence-corrected chi connectivity index (χ4v) is 2.39. The number of carbonyl (C=O) groups is 3. The van der Waals surface area contributed by atoms with Crippen molar-refractivity contribution >= 4 is 17.9 Å². The van der Waals surface area contributed by atoms with Gasteiger partial charge in [-0.25, -0.2) is 4.79 Å². The average Bonchev–Trinajstić information content (AvgIpc) is 2.69. The van der Waals surface area contributed by atoms with Gasteiger partial charge in [0.15, 0.2) is 0 Å². The van der Waals surface area contributed by atoms with Crippen molar-refractivity contribution < 1.29 is 24.2 Å². The number of aliphatic carboxylic acids is 1. The Labute approximate surface area is 124 Å². The van der Waals surface area contributed by atoms with Crippen LogP contribution in [0.25, 0.3) is 0 Å². The SMILES string of the molecule is CC1OCCC1CNC(=O)NC(=O)CC(C)(C)CC(=O)O. The third kappa shape index (κ3) is 6.57. The third-order valence-electron chi connectivity index (χ3n) is 3.58. The molecule has 0 aromatic heterocycles. The fraction of sp³-hybridized carbons (Fsp3) is 0.786. The first-order chi connectivity index (χ1) is 9.69. The van der Waals surface area contributed by atoms with E-state index in [1.165, 1.54) is 0 Å². The summed E-state index contributed by atoms with van der Waals surface area (Å²) in [5.41, 5.74) is -0.690. The van der Waals surface area contributed by atoms with Crippen LogP contribution in [-0.4, -0.2) is 42.3 Å². The summed E-state index contributed by atoms with van der Waals surface area (Å²) in [6.45, 7) is 6.46. The summed E-state index contributed by atoms with van der Waals surface area (Å²) >= 11 is 0. The summed E-state index contributed by atoms with van der Waals surface area (Å²) in [5.74, 6) is -1.18. The van der Waals surface area contributed by atoms with Crippen molar-refractivity contribution in [1.82, 2.24) is 10.6 Å². The zero-order valence-electron chi connectivity index (χ0n) is 12.8. The minimum absolute atomic E-state index is 0.0182. The van der Waals surface area contributed by atoms with Crippen LogP contribution >= 0.6 is 0 Å². The predicted octanol–water partition coefficient (Wildman–Crippen LogP) is 1.13. The van der Waals surface area contributed by atoms with Crippen molar-refractivity contribution in [1.29, 1.82) is 0 Å². The first-order valence-corrected chi connectivity index (χ1v) is 7.11. The van der Waals surface area contributed by atoms with E-state index < -0.39 is 23.3 Å². The Morgan fingerprint density at radius 1 is 1.29 bits per heavy atom. The summed E-state index contributed by atoms with van der Waals surface area (Å²) in [5, 5.41) is 13.6. The van der Waals surface area contributed by atoms with E-state index in [-0.39, 0.29) is 24.9 Å². The van der Waals surface area contributed by atoms with E-state index in [2.05, 4.69) is 10.6 Å².